The lowest BCUT2D eigenvalue weighted by Crippen LogP contribution is -2.04. The first-order chi connectivity index (χ1) is 6.00. The van der Waals surface area contributed by atoms with Gasteiger partial charge in [0.1, 0.15) is 5.15 Å². The summed E-state index contributed by atoms with van der Waals surface area (Å²) in [6.07, 6.45) is 0. The van der Waals surface area contributed by atoms with Crippen LogP contribution >= 0.6 is 50.1 Å². The number of carbonyl (C=O) groups excluding carboxylic acids is 1. The number of hydrogen-bond donors (Lipinski definition) is 0. The van der Waals surface area contributed by atoms with Gasteiger partial charge in [-0.1, -0.05) is 11.6 Å². The monoisotopic (exact) mass is 375 g/mol. The number of aromatic nitrogens is 1. The molecule has 0 aliphatic rings. The Labute approximate surface area is 102 Å². The third-order valence-electron chi connectivity index (χ3n) is 1.09. The number of ether oxygens (including phenoxy) is 1. The lowest BCUT2D eigenvalue weighted by atomic mass is 10.5. The van der Waals surface area contributed by atoms with Crippen molar-refractivity contribution in [3.63, 3.8) is 0 Å². The SMILES string of the molecule is CC(=O)Oc1nc(Cl)c(Br)cc1I. The van der Waals surface area contributed by atoms with Gasteiger partial charge in [0, 0.05) is 6.92 Å². The van der Waals surface area contributed by atoms with Crippen LogP contribution in [-0.2, 0) is 4.79 Å². The number of pyridine rings is 1. The molecule has 6 heteroatoms. The molecule has 1 rings (SSSR count). The highest BCUT2D eigenvalue weighted by Crippen LogP contribution is 2.28. The molecular formula is C7H4BrClINO2. The van der Waals surface area contributed by atoms with E-state index in [2.05, 4.69) is 20.9 Å². The maximum Gasteiger partial charge on any atom is 0.309 e. The molecule has 1 aromatic heterocycles. The van der Waals surface area contributed by atoms with E-state index in [1.54, 1.807) is 6.07 Å². The number of hydrogen-bond acceptors (Lipinski definition) is 3. The van der Waals surface area contributed by atoms with Gasteiger partial charge in [-0.05, 0) is 44.6 Å². The zero-order valence-electron chi connectivity index (χ0n) is 6.47. The fraction of sp³-hybridized carbons (Fsp3) is 0.143. The van der Waals surface area contributed by atoms with Crippen molar-refractivity contribution in [3.05, 3.63) is 19.3 Å². The van der Waals surface area contributed by atoms with Gasteiger partial charge >= 0.3 is 5.97 Å². The Morgan fingerprint density at radius 3 is 2.92 bits per heavy atom. The first-order valence-electron chi connectivity index (χ1n) is 3.20. The second kappa shape index (κ2) is 4.56. The normalized spacial score (nSPS) is 9.85. The van der Waals surface area contributed by atoms with Crippen LogP contribution in [0.3, 0.4) is 0 Å². The van der Waals surface area contributed by atoms with Gasteiger partial charge in [0.25, 0.3) is 0 Å². The third kappa shape index (κ3) is 3.07. The Kier molecular flexibility index (Phi) is 3.93. The molecule has 0 amide bonds. The molecule has 0 aliphatic carbocycles. The van der Waals surface area contributed by atoms with Crippen molar-refractivity contribution >= 4 is 56.1 Å². The molecule has 0 unspecified atom stereocenters. The molecule has 70 valence electrons. The lowest BCUT2D eigenvalue weighted by molar-refractivity contribution is -0.132. The molecule has 13 heavy (non-hydrogen) atoms. The maximum absolute atomic E-state index is 10.6. The van der Waals surface area contributed by atoms with Crippen LogP contribution in [0.4, 0.5) is 0 Å². The average molecular weight is 376 g/mol. The Bertz CT molecular complexity index is 359. The lowest BCUT2D eigenvalue weighted by Gasteiger charge is -2.03. The smallest absolute Gasteiger partial charge is 0.309 e. The highest BCUT2D eigenvalue weighted by molar-refractivity contribution is 14.1. The number of rotatable bonds is 1. The highest BCUT2D eigenvalue weighted by atomic mass is 127. The molecule has 0 spiro atoms. The molecule has 1 heterocycles. The van der Waals surface area contributed by atoms with Crippen LogP contribution < -0.4 is 4.74 Å². The summed E-state index contributed by atoms with van der Waals surface area (Å²) in [5, 5.41) is 0.275. The minimum Gasteiger partial charge on any atom is -0.406 e. The minimum atomic E-state index is -0.413. The topological polar surface area (TPSA) is 39.2 Å². The zero-order valence-corrected chi connectivity index (χ0v) is 11.0. The molecule has 0 fully saturated rings. The Balaban J connectivity index is 3.08. The van der Waals surface area contributed by atoms with Gasteiger partial charge in [-0.3, -0.25) is 4.79 Å². The van der Waals surface area contributed by atoms with Crippen LogP contribution in [0, 0.1) is 3.57 Å². The summed E-state index contributed by atoms with van der Waals surface area (Å²) in [6, 6.07) is 1.73. The molecule has 3 nitrogen and oxygen atoms in total. The minimum absolute atomic E-state index is 0.237. The van der Waals surface area contributed by atoms with Crippen molar-refractivity contribution < 1.29 is 9.53 Å². The number of carbonyl (C=O) groups is 1. The van der Waals surface area contributed by atoms with E-state index in [0.29, 0.717) is 4.47 Å². The van der Waals surface area contributed by atoms with Crippen molar-refractivity contribution in [1.29, 1.82) is 0 Å². The van der Waals surface area contributed by atoms with Crippen molar-refractivity contribution in [2.24, 2.45) is 0 Å². The van der Waals surface area contributed by atoms with Gasteiger partial charge in [0.2, 0.25) is 5.88 Å². The summed E-state index contributed by atoms with van der Waals surface area (Å²) >= 11 is 10.9. The molecule has 0 saturated heterocycles. The van der Waals surface area contributed by atoms with E-state index < -0.39 is 5.97 Å². The van der Waals surface area contributed by atoms with Crippen LogP contribution in [0.1, 0.15) is 6.92 Å². The summed E-state index contributed by atoms with van der Waals surface area (Å²) in [5.41, 5.74) is 0. The van der Waals surface area contributed by atoms with Crippen LogP contribution in [0.15, 0.2) is 10.5 Å². The van der Waals surface area contributed by atoms with Crippen LogP contribution in [0.5, 0.6) is 5.88 Å². The van der Waals surface area contributed by atoms with Crippen molar-refractivity contribution in [2.75, 3.05) is 0 Å². The predicted octanol–water partition coefficient (Wildman–Crippen LogP) is 3.03. The summed E-state index contributed by atoms with van der Waals surface area (Å²) in [4.78, 5) is 14.5. The van der Waals surface area contributed by atoms with E-state index in [0.717, 1.165) is 3.57 Å². The third-order valence-corrected chi connectivity index (χ3v) is 2.99. The molecular weight excluding hydrogens is 372 g/mol. The average Bonchev–Trinajstić information content (AvgIpc) is 1.99. The number of nitrogens with zero attached hydrogens (tertiary/aromatic N) is 1. The predicted molar refractivity (Wildman–Crippen MR) is 61.0 cm³/mol. The second-order valence-electron chi connectivity index (χ2n) is 2.14. The van der Waals surface area contributed by atoms with E-state index in [9.17, 15) is 4.79 Å². The van der Waals surface area contributed by atoms with Gasteiger partial charge in [0.15, 0.2) is 0 Å². The van der Waals surface area contributed by atoms with Gasteiger partial charge < -0.3 is 4.74 Å². The summed E-state index contributed by atoms with van der Waals surface area (Å²) in [7, 11) is 0. The molecule has 0 aliphatic heterocycles. The van der Waals surface area contributed by atoms with Gasteiger partial charge in [-0.25, -0.2) is 0 Å². The van der Waals surface area contributed by atoms with Crippen molar-refractivity contribution in [2.45, 2.75) is 6.92 Å². The molecule has 0 atom stereocenters. The van der Waals surface area contributed by atoms with Crippen LogP contribution in [0.2, 0.25) is 5.15 Å². The van der Waals surface area contributed by atoms with E-state index >= 15 is 0 Å². The van der Waals surface area contributed by atoms with Gasteiger partial charge in [-0.2, -0.15) is 4.98 Å². The number of esters is 1. The van der Waals surface area contributed by atoms with Crippen LogP contribution in [-0.4, -0.2) is 11.0 Å². The van der Waals surface area contributed by atoms with E-state index in [-0.39, 0.29) is 11.0 Å². The van der Waals surface area contributed by atoms with Crippen LogP contribution in [0.25, 0.3) is 0 Å². The van der Waals surface area contributed by atoms with E-state index in [4.69, 9.17) is 16.3 Å². The Hall–Kier alpha value is 0.120. The number of halogens is 3. The van der Waals surface area contributed by atoms with E-state index in [1.807, 2.05) is 22.6 Å². The standard InChI is InChI=1S/C7H4BrClINO2/c1-3(12)13-7-5(10)2-4(8)6(9)11-7/h2H,1H3. The first-order valence-corrected chi connectivity index (χ1v) is 5.45. The van der Waals surface area contributed by atoms with Gasteiger partial charge in [-0.15, -0.1) is 0 Å². The molecule has 0 radical (unpaired) electrons. The summed E-state index contributed by atoms with van der Waals surface area (Å²) in [5.74, 6) is -0.176. The molecule has 0 aromatic carbocycles. The summed E-state index contributed by atoms with van der Waals surface area (Å²) < 4.78 is 6.22. The maximum atomic E-state index is 10.6. The molecule has 0 N–H and O–H groups in total. The van der Waals surface area contributed by atoms with E-state index in [1.165, 1.54) is 6.92 Å². The second-order valence-corrected chi connectivity index (χ2v) is 4.52. The highest BCUT2D eigenvalue weighted by Gasteiger charge is 2.09. The summed E-state index contributed by atoms with van der Waals surface area (Å²) in [6.45, 7) is 1.31. The van der Waals surface area contributed by atoms with Crippen molar-refractivity contribution in [1.82, 2.24) is 4.98 Å². The zero-order chi connectivity index (χ0) is 10.0. The first kappa shape index (κ1) is 11.2. The quantitative estimate of drug-likeness (QED) is 0.430. The Morgan fingerprint density at radius 2 is 2.38 bits per heavy atom. The molecule has 0 saturated carbocycles. The fourth-order valence-electron chi connectivity index (χ4n) is 0.636. The van der Waals surface area contributed by atoms with Crippen molar-refractivity contribution in [3.8, 4) is 5.88 Å². The largest absolute Gasteiger partial charge is 0.406 e. The fourth-order valence-corrected chi connectivity index (χ4v) is 2.06. The molecule has 1 aromatic rings. The van der Waals surface area contributed by atoms with Gasteiger partial charge in [0.05, 0.1) is 8.04 Å². The Morgan fingerprint density at radius 1 is 1.77 bits per heavy atom. The molecule has 0 bridgehead atoms.